The number of anilines is 1. The number of nitrogens with one attached hydrogen (secondary N) is 1. The van der Waals surface area contributed by atoms with E-state index >= 15 is 0 Å². The molecule has 7 heteroatoms. The van der Waals surface area contributed by atoms with Crippen molar-refractivity contribution in [3.63, 3.8) is 0 Å². The lowest BCUT2D eigenvalue weighted by atomic mass is 9.73. The molecule has 31 heavy (non-hydrogen) atoms. The number of hydrogen-bond donors (Lipinski definition) is 1. The highest BCUT2D eigenvalue weighted by atomic mass is 19.1. The molecule has 0 aromatic heterocycles. The highest BCUT2D eigenvalue weighted by Crippen LogP contribution is 2.37. The van der Waals surface area contributed by atoms with Crippen molar-refractivity contribution in [2.75, 3.05) is 44.8 Å². The summed E-state index contributed by atoms with van der Waals surface area (Å²) in [6.45, 7) is 4.94. The summed E-state index contributed by atoms with van der Waals surface area (Å²) in [7, 11) is 0. The van der Waals surface area contributed by atoms with Gasteiger partial charge < -0.3 is 19.7 Å². The van der Waals surface area contributed by atoms with Crippen LogP contribution in [0.5, 0.6) is 0 Å². The Kier molecular flexibility index (Phi) is 6.34. The molecule has 2 saturated heterocycles. The Bertz CT molecular complexity index is 949. The van der Waals surface area contributed by atoms with Gasteiger partial charge in [-0.15, -0.1) is 0 Å². The maximum absolute atomic E-state index is 13.5. The average Bonchev–Trinajstić information content (AvgIpc) is 2.81. The fraction of sp³-hybridized carbons (Fsp3) is 0.417. The van der Waals surface area contributed by atoms with Gasteiger partial charge in [0.2, 0.25) is 5.91 Å². The zero-order chi connectivity index (χ0) is 21.8. The van der Waals surface area contributed by atoms with Crippen LogP contribution >= 0.6 is 0 Å². The summed E-state index contributed by atoms with van der Waals surface area (Å²) >= 11 is 0. The van der Waals surface area contributed by atoms with E-state index in [1.165, 1.54) is 12.1 Å². The second-order valence-corrected chi connectivity index (χ2v) is 8.04. The molecule has 6 nitrogen and oxygen atoms in total. The summed E-state index contributed by atoms with van der Waals surface area (Å²) in [6, 6.07) is 11.5. The van der Waals surface area contributed by atoms with Crippen LogP contribution in [-0.4, -0.2) is 56.2 Å². The van der Waals surface area contributed by atoms with Gasteiger partial charge in [0.15, 0.2) is 0 Å². The predicted octanol–water partition coefficient (Wildman–Crippen LogP) is 3.29. The van der Waals surface area contributed by atoms with E-state index in [0.29, 0.717) is 63.6 Å². The monoisotopic (exact) mass is 426 g/mol. The standard InChI is InChI=1S/C24H27FN2O4/c1-17-20(22(28)27-11-15-31-16-12-27)3-2-4-21(17)26-23(29)24(9-13-30-14-10-24)18-5-7-19(25)8-6-18/h2-8H,9-16H2,1H3,(H,26,29). The molecule has 0 atom stereocenters. The van der Waals surface area contributed by atoms with Crippen molar-refractivity contribution in [1.82, 2.24) is 4.90 Å². The number of halogens is 1. The molecule has 0 spiro atoms. The van der Waals surface area contributed by atoms with Gasteiger partial charge in [-0.2, -0.15) is 0 Å². The minimum absolute atomic E-state index is 0.0591. The zero-order valence-electron chi connectivity index (χ0n) is 17.7. The molecule has 0 unspecified atom stereocenters. The molecule has 2 aliphatic heterocycles. The first-order chi connectivity index (χ1) is 15.0. The van der Waals surface area contributed by atoms with Crippen molar-refractivity contribution in [3.05, 3.63) is 65.0 Å². The number of nitrogens with zero attached hydrogens (tertiary/aromatic N) is 1. The predicted molar refractivity (Wildman–Crippen MR) is 115 cm³/mol. The summed E-state index contributed by atoms with van der Waals surface area (Å²) in [6.07, 6.45) is 1.02. The molecular formula is C24H27FN2O4. The van der Waals surface area contributed by atoms with Gasteiger partial charge >= 0.3 is 0 Å². The van der Waals surface area contributed by atoms with Crippen LogP contribution in [0.1, 0.15) is 34.3 Å². The van der Waals surface area contributed by atoms with E-state index in [0.717, 1.165) is 11.1 Å². The van der Waals surface area contributed by atoms with Crippen LogP contribution in [0, 0.1) is 12.7 Å². The van der Waals surface area contributed by atoms with Crippen LogP contribution in [-0.2, 0) is 19.7 Å². The fourth-order valence-corrected chi connectivity index (χ4v) is 4.32. The molecule has 2 heterocycles. The highest BCUT2D eigenvalue weighted by Gasteiger charge is 2.42. The quantitative estimate of drug-likeness (QED) is 0.815. The first kappa shape index (κ1) is 21.5. The van der Waals surface area contributed by atoms with Gasteiger partial charge in [-0.3, -0.25) is 9.59 Å². The van der Waals surface area contributed by atoms with Crippen LogP contribution in [0.25, 0.3) is 0 Å². The normalized spacial score (nSPS) is 18.5. The van der Waals surface area contributed by atoms with E-state index in [1.807, 2.05) is 6.92 Å². The summed E-state index contributed by atoms with van der Waals surface area (Å²) in [5, 5.41) is 3.05. The fourth-order valence-electron chi connectivity index (χ4n) is 4.32. The third kappa shape index (κ3) is 4.34. The molecule has 0 radical (unpaired) electrons. The lowest BCUT2D eigenvalue weighted by Gasteiger charge is -2.36. The van der Waals surface area contributed by atoms with Crippen molar-refractivity contribution >= 4 is 17.5 Å². The number of carbonyl (C=O) groups is 2. The molecule has 0 bridgehead atoms. The van der Waals surface area contributed by atoms with Crippen LogP contribution in [0.3, 0.4) is 0 Å². The van der Waals surface area contributed by atoms with Crippen LogP contribution in [0.15, 0.2) is 42.5 Å². The number of rotatable bonds is 4. The van der Waals surface area contributed by atoms with E-state index in [4.69, 9.17) is 9.47 Å². The topological polar surface area (TPSA) is 67.9 Å². The Morgan fingerprint density at radius 3 is 2.29 bits per heavy atom. The van der Waals surface area contributed by atoms with Crippen molar-refractivity contribution in [3.8, 4) is 0 Å². The van der Waals surface area contributed by atoms with Crippen LogP contribution < -0.4 is 5.32 Å². The molecule has 164 valence electrons. The molecule has 2 aromatic carbocycles. The van der Waals surface area contributed by atoms with Gasteiger partial charge in [0.25, 0.3) is 5.91 Å². The van der Waals surface area contributed by atoms with Crippen molar-refractivity contribution in [1.29, 1.82) is 0 Å². The van der Waals surface area contributed by atoms with E-state index in [-0.39, 0.29) is 17.6 Å². The third-order valence-electron chi connectivity index (χ3n) is 6.29. The summed E-state index contributed by atoms with van der Waals surface area (Å²) < 4.78 is 24.3. The summed E-state index contributed by atoms with van der Waals surface area (Å²) in [5.74, 6) is -0.561. The van der Waals surface area contributed by atoms with Gasteiger partial charge in [0, 0.05) is 37.6 Å². The maximum Gasteiger partial charge on any atom is 0.254 e. The van der Waals surface area contributed by atoms with E-state index in [1.54, 1.807) is 35.2 Å². The number of carbonyl (C=O) groups excluding carboxylic acids is 2. The molecule has 4 rings (SSSR count). The highest BCUT2D eigenvalue weighted by molar-refractivity contribution is 6.02. The van der Waals surface area contributed by atoms with Gasteiger partial charge in [-0.05, 0) is 55.2 Å². The Hall–Kier alpha value is -2.77. The lowest BCUT2D eigenvalue weighted by molar-refractivity contribution is -0.125. The Morgan fingerprint density at radius 1 is 0.968 bits per heavy atom. The number of hydrogen-bond acceptors (Lipinski definition) is 4. The SMILES string of the molecule is Cc1c(NC(=O)C2(c3ccc(F)cc3)CCOCC2)cccc1C(=O)N1CCOCC1. The Balaban J connectivity index is 1.60. The van der Waals surface area contributed by atoms with Gasteiger partial charge in [0.1, 0.15) is 5.82 Å². The molecule has 1 N–H and O–H groups in total. The molecule has 2 aliphatic rings. The lowest BCUT2D eigenvalue weighted by Crippen LogP contribution is -2.45. The maximum atomic E-state index is 13.5. The van der Waals surface area contributed by atoms with Gasteiger partial charge in [-0.25, -0.2) is 4.39 Å². The smallest absolute Gasteiger partial charge is 0.254 e. The van der Waals surface area contributed by atoms with Crippen molar-refractivity contribution in [2.24, 2.45) is 0 Å². The van der Waals surface area contributed by atoms with Crippen LogP contribution in [0.4, 0.5) is 10.1 Å². The summed E-state index contributed by atoms with van der Waals surface area (Å²) in [4.78, 5) is 28.3. The molecule has 2 aromatic rings. The first-order valence-electron chi connectivity index (χ1n) is 10.6. The minimum atomic E-state index is -0.803. The van der Waals surface area contributed by atoms with E-state index in [9.17, 15) is 14.0 Å². The van der Waals surface area contributed by atoms with Crippen molar-refractivity contribution < 1.29 is 23.5 Å². The van der Waals surface area contributed by atoms with E-state index in [2.05, 4.69) is 5.32 Å². The number of benzene rings is 2. The molecule has 0 aliphatic carbocycles. The first-order valence-corrected chi connectivity index (χ1v) is 10.6. The summed E-state index contributed by atoms with van der Waals surface area (Å²) in [5.41, 5.74) is 1.88. The minimum Gasteiger partial charge on any atom is -0.381 e. The average molecular weight is 426 g/mol. The zero-order valence-corrected chi connectivity index (χ0v) is 17.7. The van der Waals surface area contributed by atoms with Crippen LogP contribution in [0.2, 0.25) is 0 Å². The largest absolute Gasteiger partial charge is 0.381 e. The second-order valence-electron chi connectivity index (χ2n) is 8.04. The van der Waals surface area contributed by atoms with E-state index < -0.39 is 5.41 Å². The van der Waals surface area contributed by atoms with Gasteiger partial charge in [-0.1, -0.05) is 18.2 Å². The Morgan fingerprint density at radius 2 is 1.61 bits per heavy atom. The number of amides is 2. The number of morpholine rings is 1. The molecule has 2 fully saturated rings. The third-order valence-corrected chi connectivity index (χ3v) is 6.29. The molecular weight excluding hydrogens is 399 g/mol. The number of ether oxygens (including phenoxy) is 2. The van der Waals surface area contributed by atoms with Crippen molar-refractivity contribution in [2.45, 2.75) is 25.2 Å². The Labute approximate surface area is 181 Å². The second kappa shape index (κ2) is 9.16. The molecule has 2 amide bonds. The van der Waals surface area contributed by atoms with Gasteiger partial charge in [0.05, 0.1) is 18.6 Å². The molecule has 0 saturated carbocycles.